The van der Waals surface area contributed by atoms with Gasteiger partial charge in [0, 0.05) is 25.2 Å². The van der Waals surface area contributed by atoms with Gasteiger partial charge in [0.2, 0.25) is 0 Å². The maximum Gasteiger partial charge on any atom is 0.127 e. The van der Waals surface area contributed by atoms with Crippen molar-refractivity contribution in [1.29, 1.82) is 0 Å². The van der Waals surface area contributed by atoms with E-state index in [2.05, 4.69) is 37.5 Å². The van der Waals surface area contributed by atoms with E-state index in [1.165, 1.54) is 22.3 Å². The summed E-state index contributed by atoms with van der Waals surface area (Å²) in [5.74, 6) is 0.0351. The number of piperidine rings is 1. The average molecular weight is 424 g/mol. The van der Waals surface area contributed by atoms with Crippen LogP contribution in [0.2, 0.25) is 0 Å². The number of likely N-dealkylation sites (tertiary alicyclic amines) is 1. The molecule has 1 saturated heterocycles. The van der Waals surface area contributed by atoms with Crippen LogP contribution in [-0.2, 0) is 25.8 Å². The third-order valence-electron chi connectivity index (χ3n) is 7.46. The van der Waals surface area contributed by atoms with Crippen LogP contribution in [0.1, 0.15) is 66.5 Å². The summed E-state index contributed by atoms with van der Waals surface area (Å²) < 4.78 is 30.0. The van der Waals surface area contributed by atoms with Gasteiger partial charge in [0.15, 0.2) is 0 Å². The minimum absolute atomic E-state index is 0.157. The van der Waals surface area contributed by atoms with Gasteiger partial charge < -0.3 is 0 Å². The van der Waals surface area contributed by atoms with E-state index in [0.29, 0.717) is 44.5 Å². The van der Waals surface area contributed by atoms with Crippen LogP contribution >= 0.6 is 0 Å². The molecule has 0 aromatic heterocycles. The van der Waals surface area contributed by atoms with Crippen molar-refractivity contribution < 1.29 is 8.78 Å². The lowest BCUT2D eigenvalue weighted by Crippen LogP contribution is -2.42. The monoisotopic (exact) mass is 423 g/mol. The van der Waals surface area contributed by atoms with Crippen LogP contribution in [-0.4, -0.2) is 23.7 Å². The standard InChI is InChI=1S/C28H35F2N/c1-5-21-14-24-15-25(20(4)26(24)16-22(21)6-2)17-28(30)9-11-31(12-10-28)18-23-8-7-19(3)13-27(23)29/h7-8,13-14,16,25H,4-6,9-12,15,17-18H2,1-3H3. The Bertz CT molecular complexity index is 969. The third kappa shape index (κ3) is 4.62. The van der Waals surface area contributed by atoms with Crippen molar-refractivity contribution in [3.05, 3.63) is 76.1 Å². The van der Waals surface area contributed by atoms with Crippen LogP contribution in [0.4, 0.5) is 8.78 Å². The van der Waals surface area contributed by atoms with Crippen molar-refractivity contribution in [2.24, 2.45) is 5.92 Å². The lowest BCUT2D eigenvalue weighted by molar-refractivity contribution is 0.0398. The second-order valence-corrected chi connectivity index (χ2v) is 9.64. The molecule has 4 rings (SSSR count). The second kappa shape index (κ2) is 8.86. The molecule has 0 spiro atoms. The third-order valence-corrected chi connectivity index (χ3v) is 7.46. The molecule has 1 atom stereocenters. The molecule has 31 heavy (non-hydrogen) atoms. The normalized spacial score (nSPS) is 20.8. The van der Waals surface area contributed by atoms with E-state index in [4.69, 9.17) is 0 Å². The van der Waals surface area contributed by atoms with Crippen LogP contribution in [0.25, 0.3) is 5.57 Å². The van der Waals surface area contributed by atoms with Crippen molar-refractivity contribution in [2.75, 3.05) is 13.1 Å². The smallest absolute Gasteiger partial charge is 0.127 e. The number of halogens is 2. The Morgan fingerprint density at radius 3 is 2.35 bits per heavy atom. The van der Waals surface area contributed by atoms with Crippen LogP contribution in [0, 0.1) is 18.7 Å². The fourth-order valence-corrected chi connectivity index (χ4v) is 5.45. The van der Waals surface area contributed by atoms with Gasteiger partial charge in [-0.15, -0.1) is 0 Å². The molecule has 2 aromatic carbocycles. The van der Waals surface area contributed by atoms with E-state index in [-0.39, 0.29) is 11.7 Å². The van der Waals surface area contributed by atoms with Gasteiger partial charge in [-0.1, -0.05) is 44.7 Å². The summed E-state index contributed by atoms with van der Waals surface area (Å²) in [5.41, 5.74) is 7.02. The molecule has 1 aliphatic carbocycles. The number of hydrogen-bond acceptors (Lipinski definition) is 1. The van der Waals surface area contributed by atoms with Gasteiger partial charge in [0.1, 0.15) is 11.5 Å². The molecule has 2 aliphatic rings. The first-order chi connectivity index (χ1) is 14.8. The number of fused-ring (bicyclic) bond motifs is 1. The molecule has 166 valence electrons. The molecular formula is C28H35F2N. The van der Waals surface area contributed by atoms with Crippen LogP contribution in [0.3, 0.4) is 0 Å². The minimum Gasteiger partial charge on any atom is -0.299 e. The largest absolute Gasteiger partial charge is 0.299 e. The van der Waals surface area contributed by atoms with E-state index in [1.54, 1.807) is 6.07 Å². The molecule has 1 aliphatic heterocycles. The van der Waals surface area contributed by atoms with Gasteiger partial charge in [0.05, 0.1) is 0 Å². The van der Waals surface area contributed by atoms with Gasteiger partial charge in [-0.25, -0.2) is 8.78 Å². The van der Waals surface area contributed by atoms with Crippen molar-refractivity contribution in [2.45, 2.75) is 71.5 Å². The highest BCUT2D eigenvalue weighted by atomic mass is 19.1. The Morgan fingerprint density at radius 1 is 1.03 bits per heavy atom. The number of aryl methyl sites for hydroxylation is 3. The summed E-state index contributed by atoms with van der Waals surface area (Å²) in [5, 5.41) is 0. The SMILES string of the molecule is C=C1c2cc(CC)c(CC)cc2CC1CC1(F)CCN(Cc2ccc(C)cc2F)CC1. The number of benzene rings is 2. The molecule has 0 amide bonds. The first kappa shape index (κ1) is 22.2. The van der Waals surface area contributed by atoms with Crippen molar-refractivity contribution >= 4 is 5.57 Å². The molecule has 3 heteroatoms. The molecule has 2 aromatic rings. The highest BCUT2D eigenvalue weighted by Gasteiger charge is 2.39. The maximum atomic E-state index is 15.8. The second-order valence-electron chi connectivity index (χ2n) is 9.64. The van der Waals surface area contributed by atoms with Crippen LogP contribution < -0.4 is 0 Å². The fraction of sp³-hybridized carbons (Fsp3) is 0.500. The Labute approximate surface area is 186 Å². The van der Waals surface area contributed by atoms with Gasteiger partial charge in [0.25, 0.3) is 0 Å². The minimum atomic E-state index is -1.15. The van der Waals surface area contributed by atoms with Gasteiger partial charge in [-0.2, -0.15) is 0 Å². The van der Waals surface area contributed by atoms with E-state index in [1.807, 2.05) is 19.1 Å². The summed E-state index contributed by atoms with van der Waals surface area (Å²) in [7, 11) is 0. The number of allylic oxidation sites excluding steroid dienone is 1. The summed E-state index contributed by atoms with van der Waals surface area (Å²) >= 11 is 0. The summed E-state index contributed by atoms with van der Waals surface area (Å²) in [6.07, 6.45) is 4.56. The predicted molar refractivity (Wildman–Crippen MR) is 126 cm³/mol. The Kier molecular flexibility index (Phi) is 6.35. The zero-order valence-corrected chi connectivity index (χ0v) is 19.2. The zero-order chi connectivity index (χ0) is 22.2. The lowest BCUT2D eigenvalue weighted by atomic mass is 9.82. The average Bonchev–Trinajstić information content (AvgIpc) is 3.04. The highest BCUT2D eigenvalue weighted by Crippen LogP contribution is 2.44. The van der Waals surface area contributed by atoms with E-state index in [0.717, 1.165) is 30.4 Å². The van der Waals surface area contributed by atoms with Crippen molar-refractivity contribution in [3.8, 4) is 0 Å². The van der Waals surface area contributed by atoms with E-state index >= 15 is 4.39 Å². The topological polar surface area (TPSA) is 3.24 Å². The zero-order valence-electron chi connectivity index (χ0n) is 19.2. The van der Waals surface area contributed by atoms with Gasteiger partial charge in [-0.05, 0) is 90.8 Å². The Morgan fingerprint density at radius 2 is 1.71 bits per heavy atom. The fourth-order valence-electron chi connectivity index (χ4n) is 5.45. The quantitative estimate of drug-likeness (QED) is 0.492. The summed E-state index contributed by atoms with van der Waals surface area (Å²) in [4.78, 5) is 2.19. The molecule has 1 fully saturated rings. The summed E-state index contributed by atoms with van der Waals surface area (Å²) in [6.45, 7) is 12.6. The number of hydrogen-bond donors (Lipinski definition) is 0. The van der Waals surface area contributed by atoms with Gasteiger partial charge >= 0.3 is 0 Å². The highest BCUT2D eigenvalue weighted by molar-refractivity contribution is 5.74. The molecule has 0 bridgehead atoms. The van der Waals surface area contributed by atoms with E-state index in [9.17, 15) is 4.39 Å². The molecule has 0 saturated carbocycles. The molecular weight excluding hydrogens is 388 g/mol. The van der Waals surface area contributed by atoms with E-state index < -0.39 is 5.67 Å². The first-order valence-corrected chi connectivity index (χ1v) is 11.8. The lowest BCUT2D eigenvalue weighted by Gasteiger charge is -2.38. The van der Waals surface area contributed by atoms with Gasteiger partial charge in [-0.3, -0.25) is 4.90 Å². The van der Waals surface area contributed by atoms with Crippen LogP contribution in [0.5, 0.6) is 0 Å². The molecule has 0 radical (unpaired) electrons. The molecule has 0 N–H and O–H groups in total. The molecule has 1 nitrogen and oxygen atoms in total. The molecule has 1 unspecified atom stereocenters. The Hall–Kier alpha value is -2.00. The number of rotatable bonds is 6. The Balaban J connectivity index is 1.38. The first-order valence-electron chi connectivity index (χ1n) is 11.8. The van der Waals surface area contributed by atoms with Crippen LogP contribution in [0.15, 0.2) is 36.9 Å². The maximum absolute atomic E-state index is 15.8. The van der Waals surface area contributed by atoms with Crippen molar-refractivity contribution in [3.63, 3.8) is 0 Å². The number of alkyl halides is 1. The molecule has 1 heterocycles. The predicted octanol–water partition coefficient (Wildman–Crippen LogP) is 6.84. The van der Waals surface area contributed by atoms with Crippen molar-refractivity contribution in [1.82, 2.24) is 4.90 Å². The number of nitrogens with zero attached hydrogens (tertiary/aromatic N) is 1. The summed E-state index contributed by atoms with van der Waals surface area (Å²) in [6, 6.07) is 10.0.